The zero-order valence-electron chi connectivity index (χ0n) is 13.7. The molecule has 0 aromatic heterocycles. The monoisotopic (exact) mass is 290 g/mol. The minimum Gasteiger partial charge on any atom is -0.380 e. The second-order valence-corrected chi connectivity index (χ2v) is 6.02. The first-order valence-corrected chi connectivity index (χ1v) is 8.36. The van der Waals surface area contributed by atoms with Gasteiger partial charge in [0.2, 0.25) is 0 Å². The Kier molecular flexibility index (Phi) is 6.68. The lowest BCUT2D eigenvalue weighted by Crippen LogP contribution is -2.55. The van der Waals surface area contributed by atoms with Crippen LogP contribution in [0.15, 0.2) is 30.3 Å². The third-order valence-electron chi connectivity index (χ3n) is 4.69. The maximum Gasteiger partial charge on any atom is 0.0593 e. The summed E-state index contributed by atoms with van der Waals surface area (Å²) < 4.78 is 5.58. The zero-order valence-corrected chi connectivity index (χ0v) is 13.7. The second-order valence-electron chi connectivity index (χ2n) is 6.02. The van der Waals surface area contributed by atoms with Gasteiger partial charge in [0.15, 0.2) is 0 Å². The van der Waals surface area contributed by atoms with E-state index >= 15 is 0 Å². The van der Waals surface area contributed by atoms with Gasteiger partial charge >= 0.3 is 0 Å². The van der Waals surface area contributed by atoms with Crippen LogP contribution < -0.4 is 5.32 Å². The predicted octanol–water partition coefficient (Wildman–Crippen LogP) is 3.08. The highest BCUT2D eigenvalue weighted by atomic mass is 16.5. The fourth-order valence-electron chi connectivity index (χ4n) is 3.15. The van der Waals surface area contributed by atoms with Gasteiger partial charge in [-0.15, -0.1) is 0 Å². The summed E-state index contributed by atoms with van der Waals surface area (Å²) >= 11 is 0. The fraction of sp³-hybridized carbons (Fsp3) is 0.667. The fourth-order valence-corrected chi connectivity index (χ4v) is 3.15. The van der Waals surface area contributed by atoms with Crippen LogP contribution in [0.3, 0.4) is 0 Å². The van der Waals surface area contributed by atoms with Crippen LogP contribution in [0.2, 0.25) is 0 Å². The minimum absolute atomic E-state index is 0.438. The maximum atomic E-state index is 5.58. The van der Waals surface area contributed by atoms with Gasteiger partial charge in [0.05, 0.1) is 6.61 Å². The summed E-state index contributed by atoms with van der Waals surface area (Å²) in [7, 11) is 0. The molecule has 1 aromatic rings. The molecule has 1 aliphatic heterocycles. The molecule has 0 spiro atoms. The lowest BCUT2D eigenvalue weighted by Gasteiger charge is -2.43. The normalized spacial score (nSPS) is 24.9. The highest BCUT2D eigenvalue weighted by Crippen LogP contribution is 2.24. The number of nitrogens with zero attached hydrogens (tertiary/aromatic N) is 1. The summed E-state index contributed by atoms with van der Waals surface area (Å²) in [5.74, 6) is 0.718. The Bertz CT molecular complexity index is 395. The first-order valence-electron chi connectivity index (χ1n) is 8.36. The average Bonchev–Trinajstić information content (AvgIpc) is 2.55. The summed E-state index contributed by atoms with van der Waals surface area (Å²) in [4.78, 5) is 2.62. The van der Waals surface area contributed by atoms with E-state index in [1.165, 1.54) is 12.0 Å². The molecule has 1 heterocycles. The molecule has 1 saturated heterocycles. The highest BCUT2D eigenvalue weighted by molar-refractivity contribution is 5.20. The smallest absolute Gasteiger partial charge is 0.0593 e. The molecular weight excluding hydrogens is 260 g/mol. The van der Waals surface area contributed by atoms with E-state index in [0.29, 0.717) is 12.1 Å². The Morgan fingerprint density at radius 1 is 1.29 bits per heavy atom. The summed E-state index contributed by atoms with van der Waals surface area (Å²) in [6, 6.07) is 11.8. The number of benzene rings is 1. The molecular formula is C18H30N2O. The molecule has 0 amide bonds. The van der Waals surface area contributed by atoms with Crippen LogP contribution in [0.4, 0.5) is 0 Å². The van der Waals surface area contributed by atoms with Gasteiger partial charge in [0.1, 0.15) is 0 Å². The van der Waals surface area contributed by atoms with Crippen LogP contribution in [0.1, 0.15) is 38.8 Å². The van der Waals surface area contributed by atoms with Crippen molar-refractivity contribution < 1.29 is 4.74 Å². The van der Waals surface area contributed by atoms with E-state index in [4.69, 9.17) is 4.74 Å². The van der Waals surface area contributed by atoms with Crippen molar-refractivity contribution in [3.05, 3.63) is 35.9 Å². The summed E-state index contributed by atoms with van der Waals surface area (Å²) in [5, 5.41) is 3.74. The van der Waals surface area contributed by atoms with Crippen molar-refractivity contribution in [2.24, 2.45) is 5.92 Å². The summed E-state index contributed by atoms with van der Waals surface area (Å²) in [6.07, 6.45) is 1.23. The molecule has 0 bridgehead atoms. The molecule has 1 aliphatic rings. The number of hydrogen-bond acceptors (Lipinski definition) is 3. The number of piperazine rings is 1. The van der Waals surface area contributed by atoms with Crippen molar-refractivity contribution in [1.82, 2.24) is 10.2 Å². The number of ether oxygens (including phenoxy) is 1. The van der Waals surface area contributed by atoms with Crippen LogP contribution in [-0.4, -0.2) is 43.8 Å². The maximum absolute atomic E-state index is 5.58. The Morgan fingerprint density at radius 2 is 2.05 bits per heavy atom. The van der Waals surface area contributed by atoms with E-state index in [0.717, 1.165) is 38.8 Å². The molecule has 2 rings (SSSR count). The Labute approximate surface area is 129 Å². The highest BCUT2D eigenvalue weighted by Gasteiger charge is 2.30. The van der Waals surface area contributed by atoms with Gasteiger partial charge in [-0.1, -0.05) is 50.6 Å². The number of rotatable bonds is 7. The molecule has 118 valence electrons. The average molecular weight is 290 g/mol. The van der Waals surface area contributed by atoms with Crippen LogP contribution >= 0.6 is 0 Å². The van der Waals surface area contributed by atoms with E-state index in [-0.39, 0.29) is 0 Å². The van der Waals surface area contributed by atoms with Gasteiger partial charge < -0.3 is 10.1 Å². The van der Waals surface area contributed by atoms with E-state index in [1.54, 1.807) is 0 Å². The van der Waals surface area contributed by atoms with Gasteiger partial charge in [-0.25, -0.2) is 0 Å². The third-order valence-corrected chi connectivity index (χ3v) is 4.69. The van der Waals surface area contributed by atoms with Crippen molar-refractivity contribution in [2.75, 3.05) is 32.8 Å². The molecule has 3 atom stereocenters. The number of hydrogen-bond donors (Lipinski definition) is 1. The Morgan fingerprint density at radius 3 is 2.71 bits per heavy atom. The van der Waals surface area contributed by atoms with Gasteiger partial charge in [0.25, 0.3) is 0 Å². The SMILES string of the molecule is CCOCCN1CC(c2ccccc2)NCC1C(C)CC. The molecule has 0 radical (unpaired) electrons. The van der Waals surface area contributed by atoms with Gasteiger partial charge in [-0.05, 0) is 18.4 Å². The molecule has 3 heteroatoms. The van der Waals surface area contributed by atoms with Crippen LogP contribution in [-0.2, 0) is 4.74 Å². The number of nitrogens with one attached hydrogen (secondary N) is 1. The van der Waals surface area contributed by atoms with Crippen LogP contribution in [0.25, 0.3) is 0 Å². The molecule has 1 N–H and O–H groups in total. The standard InChI is InChI=1S/C18H30N2O/c1-4-15(3)18-13-19-17(16-9-7-6-8-10-16)14-20(18)11-12-21-5-2/h6-10,15,17-19H,4-5,11-14H2,1-3H3. The first kappa shape index (κ1) is 16.5. The molecule has 0 saturated carbocycles. The first-order chi connectivity index (χ1) is 10.3. The van der Waals surface area contributed by atoms with Crippen molar-refractivity contribution in [3.63, 3.8) is 0 Å². The Hall–Kier alpha value is -0.900. The summed E-state index contributed by atoms with van der Waals surface area (Å²) in [5.41, 5.74) is 1.39. The van der Waals surface area contributed by atoms with E-state index < -0.39 is 0 Å². The minimum atomic E-state index is 0.438. The quantitative estimate of drug-likeness (QED) is 0.781. The van der Waals surface area contributed by atoms with E-state index in [1.807, 2.05) is 0 Å². The predicted molar refractivity (Wildman–Crippen MR) is 88.5 cm³/mol. The lowest BCUT2D eigenvalue weighted by molar-refractivity contribution is 0.0500. The topological polar surface area (TPSA) is 24.5 Å². The molecule has 1 aromatic carbocycles. The van der Waals surface area contributed by atoms with Crippen LogP contribution in [0.5, 0.6) is 0 Å². The molecule has 3 nitrogen and oxygen atoms in total. The molecule has 0 aliphatic carbocycles. The zero-order chi connectivity index (χ0) is 15.1. The Balaban J connectivity index is 2.01. The van der Waals surface area contributed by atoms with Crippen molar-refractivity contribution in [2.45, 2.75) is 39.3 Å². The van der Waals surface area contributed by atoms with Gasteiger partial charge in [-0.2, -0.15) is 0 Å². The molecule has 21 heavy (non-hydrogen) atoms. The molecule has 3 unspecified atom stereocenters. The van der Waals surface area contributed by atoms with E-state index in [2.05, 4.69) is 61.3 Å². The van der Waals surface area contributed by atoms with Crippen molar-refractivity contribution >= 4 is 0 Å². The second kappa shape index (κ2) is 8.52. The van der Waals surface area contributed by atoms with E-state index in [9.17, 15) is 0 Å². The van der Waals surface area contributed by atoms with Crippen LogP contribution in [0, 0.1) is 5.92 Å². The largest absolute Gasteiger partial charge is 0.380 e. The van der Waals surface area contributed by atoms with Crippen molar-refractivity contribution in [1.29, 1.82) is 0 Å². The molecule has 1 fully saturated rings. The van der Waals surface area contributed by atoms with Gasteiger partial charge in [-0.3, -0.25) is 4.90 Å². The summed E-state index contributed by atoms with van der Waals surface area (Å²) in [6.45, 7) is 11.5. The third kappa shape index (κ3) is 4.53. The lowest BCUT2D eigenvalue weighted by atomic mass is 9.93. The van der Waals surface area contributed by atoms with Crippen molar-refractivity contribution in [3.8, 4) is 0 Å². The van der Waals surface area contributed by atoms with Gasteiger partial charge in [0, 0.05) is 38.3 Å².